The molecule has 2 rings (SSSR count). The molecule has 21 heavy (non-hydrogen) atoms. The third kappa shape index (κ3) is 3.65. The van der Waals surface area contributed by atoms with Crippen LogP contribution in [0.25, 0.3) is 0 Å². The molecular weight excluding hydrogens is 260 g/mol. The Kier molecular flexibility index (Phi) is 5.80. The van der Waals surface area contributed by atoms with Crippen LogP contribution in [-0.2, 0) is 6.42 Å². The normalized spacial score (nSPS) is 22.0. The predicted octanol–water partition coefficient (Wildman–Crippen LogP) is 3.23. The van der Waals surface area contributed by atoms with Gasteiger partial charge in [0, 0.05) is 18.2 Å². The van der Waals surface area contributed by atoms with Crippen LogP contribution >= 0.6 is 0 Å². The van der Waals surface area contributed by atoms with Crippen molar-refractivity contribution >= 4 is 5.91 Å². The highest BCUT2D eigenvalue weighted by atomic mass is 16.2. The lowest BCUT2D eigenvalue weighted by Gasteiger charge is -2.39. The first-order valence-electron chi connectivity index (χ1n) is 8.31. The van der Waals surface area contributed by atoms with Crippen LogP contribution in [0, 0.1) is 5.92 Å². The molecule has 0 aromatic heterocycles. The Balaban J connectivity index is 2.16. The number of amides is 1. The first kappa shape index (κ1) is 16.0. The van der Waals surface area contributed by atoms with Crippen LogP contribution in [0.3, 0.4) is 0 Å². The predicted molar refractivity (Wildman–Crippen MR) is 87.3 cm³/mol. The Hall–Kier alpha value is -1.35. The van der Waals surface area contributed by atoms with Gasteiger partial charge in [0.2, 0.25) is 0 Å². The molecule has 2 N–H and O–H groups in total. The fourth-order valence-electron chi connectivity index (χ4n) is 3.45. The van der Waals surface area contributed by atoms with Gasteiger partial charge in [-0.15, -0.1) is 0 Å². The number of hydrogen-bond donors (Lipinski definition) is 1. The van der Waals surface area contributed by atoms with Gasteiger partial charge in [-0.05, 0) is 56.3 Å². The SMILES string of the molecule is CCc1ccc(C(=O)N(CC)C2CCCCC2CN)cc1. The van der Waals surface area contributed by atoms with Gasteiger partial charge >= 0.3 is 0 Å². The maximum absolute atomic E-state index is 12.8. The summed E-state index contributed by atoms with van der Waals surface area (Å²) < 4.78 is 0. The number of benzene rings is 1. The number of rotatable bonds is 5. The second-order valence-electron chi connectivity index (χ2n) is 5.99. The van der Waals surface area contributed by atoms with Crippen molar-refractivity contribution in [2.45, 2.75) is 52.0 Å². The van der Waals surface area contributed by atoms with Crippen molar-refractivity contribution in [3.8, 4) is 0 Å². The van der Waals surface area contributed by atoms with Crippen molar-refractivity contribution in [1.82, 2.24) is 4.90 Å². The first-order chi connectivity index (χ1) is 10.2. The highest BCUT2D eigenvalue weighted by molar-refractivity contribution is 5.94. The number of carbonyl (C=O) groups is 1. The standard InChI is InChI=1S/C18H28N2O/c1-3-14-9-11-15(12-10-14)18(21)20(4-2)17-8-6-5-7-16(17)13-19/h9-12,16-17H,3-8,13,19H2,1-2H3. The average Bonchev–Trinajstić information content (AvgIpc) is 2.56. The molecule has 0 bridgehead atoms. The molecule has 1 aromatic carbocycles. The Morgan fingerprint density at radius 2 is 1.86 bits per heavy atom. The minimum absolute atomic E-state index is 0.158. The molecule has 1 fully saturated rings. The number of carbonyl (C=O) groups excluding carboxylic acids is 1. The smallest absolute Gasteiger partial charge is 0.254 e. The van der Waals surface area contributed by atoms with Crippen molar-refractivity contribution < 1.29 is 4.79 Å². The van der Waals surface area contributed by atoms with E-state index in [2.05, 4.69) is 26.0 Å². The minimum Gasteiger partial charge on any atom is -0.336 e. The van der Waals surface area contributed by atoms with Crippen LogP contribution in [0.1, 0.15) is 55.5 Å². The molecule has 0 heterocycles. The van der Waals surface area contributed by atoms with Crippen molar-refractivity contribution in [1.29, 1.82) is 0 Å². The molecule has 1 aromatic rings. The van der Waals surface area contributed by atoms with Crippen LogP contribution in [0.15, 0.2) is 24.3 Å². The van der Waals surface area contributed by atoms with E-state index in [1.165, 1.54) is 18.4 Å². The highest BCUT2D eigenvalue weighted by Crippen LogP contribution is 2.28. The van der Waals surface area contributed by atoms with Gasteiger partial charge in [0.25, 0.3) is 5.91 Å². The molecule has 0 spiro atoms. The zero-order valence-electron chi connectivity index (χ0n) is 13.3. The molecule has 1 aliphatic rings. The molecule has 0 radical (unpaired) electrons. The molecule has 1 amide bonds. The summed E-state index contributed by atoms with van der Waals surface area (Å²) in [7, 11) is 0. The molecule has 1 aliphatic carbocycles. The number of nitrogens with two attached hydrogens (primary N) is 1. The number of aryl methyl sites for hydroxylation is 1. The lowest BCUT2D eigenvalue weighted by atomic mass is 9.83. The van der Waals surface area contributed by atoms with E-state index in [1.54, 1.807) is 0 Å². The van der Waals surface area contributed by atoms with Crippen molar-refractivity contribution in [2.24, 2.45) is 11.7 Å². The van der Waals surface area contributed by atoms with E-state index in [0.29, 0.717) is 18.5 Å². The van der Waals surface area contributed by atoms with Crippen molar-refractivity contribution in [2.75, 3.05) is 13.1 Å². The van der Waals surface area contributed by atoms with Gasteiger partial charge in [0.1, 0.15) is 0 Å². The van der Waals surface area contributed by atoms with Crippen LogP contribution in [0.5, 0.6) is 0 Å². The summed E-state index contributed by atoms with van der Waals surface area (Å²) in [5, 5.41) is 0. The van der Waals surface area contributed by atoms with Crippen LogP contribution < -0.4 is 5.73 Å². The molecule has 2 atom stereocenters. The number of nitrogens with zero attached hydrogens (tertiary/aromatic N) is 1. The van der Waals surface area contributed by atoms with E-state index in [4.69, 9.17) is 5.73 Å². The minimum atomic E-state index is 0.158. The van der Waals surface area contributed by atoms with E-state index in [1.807, 2.05) is 17.0 Å². The molecule has 3 nitrogen and oxygen atoms in total. The summed E-state index contributed by atoms with van der Waals surface area (Å²) in [5.74, 6) is 0.614. The van der Waals surface area contributed by atoms with Gasteiger partial charge in [0.15, 0.2) is 0 Å². The lowest BCUT2D eigenvalue weighted by Crippen LogP contribution is -2.48. The Morgan fingerprint density at radius 1 is 1.19 bits per heavy atom. The second kappa shape index (κ2) is 7.60. The number of hydrogen-bond acceptors (Lipinski definition) is 2. The van der Waals surface area contributed by atoms with Gasteiger partial charge in [-0.3, -0.25) is 4.79 Å². The molecule has 3 heteroatoms. The first-order valence-corrected chi connectivity index (χ1v) is 8.31. The fraction of sp³-hybridized carbons (Fsp3) is 0.611. The van der Waals surface area contributed by atoms with Crippen molar-refractivity contribution in [3.05, 3.63) is 35.4 Å². The molecule has 116 valence electrons. The lowest BCUT2D eigenvalue weighted by molar-refractivity contribution is 0.0560. The molecule has 2 unspecified atom stereocenters. The van der Waals surface area contributed by atoms with Gasteiger partial charge in [0.05, 0.1) is 0 Å². The third-order valence-corrected chi connectivity index (χ3v) is 4.78. The maximum atomic E-state index is 12.8. The molecule has 1 saturated carbocycles. The summed E-state index contributed by atoms with van der Waals surface area (Å²) in [6.07, 6.45) is 5.70. The maximum Gasteiger partial charge on any atom is 0.254 e. The van der Waals surface area contributed by atoms with Crippen LogP contribution in [0.2, 0.25) is 0 Å². The quantitative estimate of drug-likeness (QED) is 0.904. The van der Waals surface area contributed by atoms with Crippen molar-refractivity contribution in [3.63, 3.8) is 0 Å². The van der Waals surface area contributed by atoms with E-state index >= 15 is 0 Å². The van der Waals surface area contributed by atoms with Gasteiger partial charge in [-0.1, -0.05) is 31.9 Å². The topological polar surface area (TPSA) is 46.3 Å². The summed E-state index contributed by atoms with van der Waals surface area (Å²) >= 11 is 0. The van der Waals surface area contributed by atoms with Crippen LogP contribution in [0.4, 0.5) is 0 Å². The zero-order valence-corrected chi connectivity index (χ0v) is 13.3. The highest BCUT2D eigenvalue weighted by Gasteiger charge is 2.31. The summed E-state index contributed by atoms with van der Waals surface area (Å²) in [5.41, 5.74) is 8.00. The largest absolute Gasteiger partial charge is 0.336 e. The third-order valence-electron chi connectivity index (χ3n) is 4.78. The Labute approximate surface area is 128 Å². The Morgan fingerprint density at radius 3 is 2.43 bits per heavy atom. The Bertz CT molecular complexity index is 455. The van der Waals surface area contributed by atoms with Gasteiger partial charge in [-0.2, -0.15) is 0 Å². The molecule has 0 aliphatic heterocycles. The van der Waals surface area contributed by atoms with Gasteiger partial charge < -0.3 is 10.6 Å². The molecular formula is C18H28N2O. The molecule has 0 saturated heterocycles. The van der Waals surface area contributed by atoms with Gasteiger partial charge in [-0.25, -0.2) is 0 Å². The fourth-order valence-corrected chi connectivity index (χ4v) is 3.45. The second-order valence-corrected chi connectivity index (χ2v) is 5.99. The summed E-state index contributed by atoms with van der Waals surface area (Å²) in [6.45, 7) is 5.64. The van der Waals surface area contributed by atoms with E-state index in [9.17, 15) is 4.79 Å². The van der Waals surface area contributed by atoms with E-state index in [-0.39, 0.29) is 5.91 Å². The zero-order chi connectivity index (χ0) is 15.2. The van der Waals surface area contributed by atoms with Crippen LogP contribution in [-0.4, -0.2) is 29.9 Å². The summed E-state index contributed by atoms with van der Waals surface area (Å²) in [4.78, 5) is 14.9. The monoisotopic (exact) mass is 288 g/mol. The van der Waals surface area contributed by atoms with E-state index in [0.717, 1.165) is 31.4 Å². The van der Waals surface area contributed by atoms with E-state index < -0.39 is 0 Å². The average molecular weight is 288 g/mol. The summed E-state index contributed by atoms with van der Waals surface area (Å²) in [6, 6.07) is 8.35.